The number of aliphatic hydroxyl groups is 1. The Morgan fingerprint density at radius 2 is 1.76 bits per heavy atom. The van der Waals surface area contributed by atoms with Gasteiger partial charge in [-0.15, -0.1) is 0 Å². The van der Waals surface area contributed by atoms with E-state index in [4.69, 9.17) is 10.8 Å². The zero-order valence-corrected chi connectivity index (χ0v) is 13.2. The minimum Gasteiger partial charge on any atom is -0.394 e. The summed E-state index contributed by atoms with van der Waals surface area (Å²) in [5.74, 6) is 0. The van der Waals surface area contributed by atoms with Gasteiger partial charge in [0.2, 0.25) is 0 Å². The molecule has 0 spiro atoms. The molecule has 1 aliphatic rings. The Morgan fingerprint density at radius 3 is 2.38 bits per heavy atom. The van der Waals surface area contributed by atoms with Crippen LogP contribution in [0.2, 0.25) is 0 Å². The third-order valence-electron chi connectivity index (χ3n) is 4.33. The van der Waals surface area contributed by atoms with Gasteiger partial charge in [-0.25, -0.2) is 0 Å². The molecule has 118 valence electrons. The zero-order valence-electron chi connectivity index (χ0n) is 13.2. The molecule has 1 atom stereocenters. The van der Waals surface area contributed by atoms with Crippen LogP contribution in [0.5, 0.6) is 0 Å². The third-order valence-corrected chi connectivity index (χ3v) is 4.33. The minimum atomic E-state index is -0.411. The molecule has 1 fully saturated rings. The Labute approximate surface area is 128 Å². The van der Waals surface area contributed by atoms with E-state index < -0.39 is 5.54 Å². The smallest absolute Gasteiger partial charge is 0.0608 e. The summed E-state index contributed by atoms with van der Waals surface area (Å²) in [5.41, 5.74) is 6.87. The molecule has 0 bridgehead atoms. The maximum atomic E-state index is 9.14. The first-order chi connectivity index (χ1) is 10.1. The molecule has 1 aromatic carbocycles. The average molecular weight is 291 g/mol. The Kier molecular flexibility index (Phi) is 6.03. The van der Waals surface area contributed by atoms with E-state index in [1.54, 1.807) is 0 Å². The van der Waals surface area contributed by atoms with Crippen LogP contribution in [0.4, 0.5) is 5.69 Å². The van der Waals surface area contributed by atoms with Crippen LogP contribution in [0.15, 0.2) is 30.3 Å². The zero-order chi connectivity index (χ0) is 15.1. The topological polar surface area (TPSA) is 52.7 Å². The SMILES string of the molecule is CC(N)(CO)CCCCN1CCN(c2ccccc2)CC1. The van der Waals surface area contributed by atoms with Crippen LogP contribution >= 0.6 is 0 Å². The highest BCUT2D eigenvalue weighted by Gasteiger charge is 2.18. The number of anilines is 1. The lowest BCUT2D eigenvalue weighted by Crippen LogP contribution is -2.46. The fourth-order valence-corrected chi connectivity index (χ4v) is 2.81. The number of hydrogen-bond acceptors (Lipinski definition) is 4. The molecular weight excluding hydrogens is 262 g/mol. The van der Waals surface area contributed by atoms with E-state index in [9.17, 15) is 0 Å². The quantitative estimate of drug-likeness (QED) is 0.751. The van der Waals surface area contributed by atoms with Gasteiger partial charge >= 0.3 is 0 Å². The number of para-hydroxylation sites is 1. The van der Waals surface area contributed by atoms with Crippen molar-refractivity contribution in [3.8, 4) is 0 Å². The van der Waals surface area contributed by atoms with Crippen molar-refractivity contribution in [1.82, 2.24) is 4.90 Å². The molecule has 0 amide bonds. The van der Waals surface area contributed by atoms with E-state index in [-0.39, 0.29) is 6.61 Å². The normalized spacial score (nSPS) is 19.5. The van der Waals surface area contributed by atoms with E-state index in [2.05, 4.69) is 40.1 Å². The number of rotatable bonds is 7. The van der Waals surface area contributed by atoms with Crippen LogP contribution < -0.4 is 10.6 Å². The minimum absolute atomic E-state index is 0.0722. The molecule has 3 N–H and O–H groups in total. The van der Waals surface area contributed by atoms with Gasteiger partial charge in [0.1, 0.15) is 0 Å². The Bertz CT molecular complexity index is 400. The van der Waals surface area contributed by atoms with Crippen molar-refractivity contribution in [2.75, 3.05) is 44.2 Å². The van der Waals surface area contributed by atoms with Crippen molar-refractivity contribution in [1.29, 1.82) is 0 Å². The van der Waals surface area contributed by atoms with Crippen molar-refractivity contribution in [2.24, 2.45) is 5.73 Å². The molecule has 0 aromatic heterocycles. The Balaban J connectivity index is 1.63. The van der Waals surface area contributed by atoms with Gasteiger partial charge in [0, 0.05) is 37.4 Å². The number of nitrogens with zero attached hydrogens (tertiary/aromatic N) is 2. The van der Waals surface area contributed by atoms with Crippen molar-refractivity contribution >= 4 is 5.69 Å². The molecule has 4 heteroatoms. The summed E-state index contributed by atoms with van der Waals surface area (Å²) >= 11 is 0. The van der Waals surface area contributed by atoms with E-state index >= 15 is 0 Å². The number of nitrogens with two attached hydrogens (primary N) is 1. The molecule has 1 aromatic rings. The molecule has 2 rings (SSSR count). The number of aliphatic hydroxyl groups excluding tert-OH is 1. The van der Waals surface area contributed by atoms with Gasteiger partial charge in [0.05, 0.1) is 6.61 Å². The van der Waals surface area contributed by atoms with Crippen LogP contribution in [-0.2, 0) is 0 Å². The van der Waals surface area contributed by atoms with Crippen LogP contribution in [0.25, 0.3) is 0 Å². The number of hydrogen-bond donors (Lipinski definition) is 2. The fourth-order valence-electron chi connectivity index (χ4n) is 2.81. The highest BCUT2D eigenvalue weighted by molar-refractivity contribution is 5.46. The molecule has 1 aliphatic heterocycles. The van der Waals surface area contributed by atoms with Crippen LogP contribution in [0.3, 0.4) is 0 Å². The standard InChI is InChI=1S/C17H29N3O/c1-17(18,15-21)9-5-6-10-19-11-13-20(14-12-19)16-7-3-2-4-8-16/h2-4,7-8,21H,5-6,9-15,18H2,1H3. The molecule has 1 saturated heterocycles. The van der Waals surface area contributed by atoms with Crippen molar-refractivity contribution < 1.29 is 5.11 Å². The van der Waals surface area contributed by atoms with Crippen molar-refractivity contribution in [3.63, 3.8) is 0 Å². The molecule has 0 radical (unpaired) electrons. The van der Waals surface area contributed by atoms with Gasteiger partial charge < -0.3 is 15.7 Å². The summed E-state index contributed by atoms with van der Waals surface area (Å²) in [6.07, 6.45) is 3.15. The first-order valence-electron chi connectivity index (χ1n) is 8.03. The molecule has 1 heterocycles. The second-order valence-corrected chi connectivity index (χ2v) is 6.43. The maximum absolute atomic E-state index is 9.14. The number of piperazine rings is 1. The van der Waals surface area contributed by atoms with Gasteiger partial charge in [-0.05, 0) is 38.4 Å². The first kappa shape index (κ1) is 16.3. The predicted octanol–water partition coefficient (Wildman–Crippen LogP) is 1.69. The Hall–Kier alpha value is -1.10. The van der Waals surface area contributed by atoms with Crippen LogP contribution in [0, 0.1) is 0 Å². The van der Waals surface area contributed by atoms with Gasteiger partial charge in [-0.1, -0.05) is 24.6 Å². The summed E-state index contributed by atoms with van der Waals surface area (Å²) in [7, 11) is 0. The summed E-state index contributed by atoms with van der Waals surface area (Å²) in [6.45, 7) is 7.62. The summed E-state index contributed by atoms with van der Waals surface area (Å²) in [6, 6.07) is 10.6. The average Bonchev–Trinajstić information content (AvgIpc) is 2.53. The summed E-state index contributed by atoms with van der Waals surface area (Å²) in [4.78, 5) is 4.99. The maximum Gasteiger partial charge on any atom is 0.0608 e. The highest BCUT2D eigenvalue weighted by atomic mass is 16.3. The first-order valence-corrected chi connectivity index (χ1v) is 8.03. The second kappa shape index (κ2) is 7.78. The van der Waals surface area contributed by atoms with E-state index in [0.717, 1.165) is 52.0 Å². The predicted molar refractivity (Wildman–Crippen MR) is 88.6 cm³/mol. The molecule has 21 heavy (non-hydrogen) atoms. The van der Waals surface area contributed by atoms with E-state index in [1.807, 2.05) is 6.92 Å². The van der Waals surface area contributed by atoms with Gasteiger partial charge in [0.25, 0.3) is 0 Å². The second-order valence-electron chi connectivity index (χ2n) is 6.43. The number of unbranched alkanes of at least 4 members (excludes halogenated alkanes) is 1. The molecule has 0 aliphatic carbocycles. The summed E-state index contributed by atoms with van der Waals surface area (Å²) < 4.78 is 0. The largest absolute Gasteiger partial charge is 0.394 e. The van der Waals surface area contributed by atoms with E-state index in [1.165, 1.54) is 5.69 Å². The van der Waals surface area contributed by atoms with Crippen molar-refractivity contribution in [2.45, 2.75) is 31.7 Å². The van der Waals surface area contributed by atoms with Gasteiger partial charge in [0.15, 0.2) is 0 Å². The molecular formula is C17H29N3O. The summed E-state index contributed by atoms with van der Waals surface area (Å²) in [5, 5.41) is 9.14. The molecule has 0 saturated carbocycles. The third kappa shape index (κ3) is 5.30. The van der Waals surface area contributed by atoms with Crippen LogP contribution in [0.1, 0.15) is 26.2 Å². The lowest BCUT2D eigenvalue weighted by atomic mass is 9.97. The lowest BCUT2D eigenvalue weighted by molar-refractivity contribution is 0.192. The van der Waals surface area contributed by atoms with E-state index in [0.29, 0.717) is 0 Å². The van der Waals surface area contributed by atoms with Crippen molar-refractivity contribution in [3.05, 3.63) is 30.3 Å². The van der Waals surface area contributed by atoms with Gasteiger partial charge in [-0.2, -0.15) is 0 Å². The van der Waals surface area contributed by atoms with Gasteiger partial charge in [-0.3, -0.25) is 4.90 Å². The van der Waals surface area contributed by atoms with Crippen LogP contribution in [-0.4, -0.2) is 54.9 Å². The lowest BCUT2D eigenvalue weighted by Gasteiger charge is -2.36. The number of benzene rings is 1. The Morgan fingerprint density at radius 1 is 1.10 bits per heavy atom. The molecule has 4 nitrogen and oxygen atoms in total. The monoisotopic (exact) mass is 291 g/mol. The highest BCUT2D eigenvalue weighted by Crippen LogP contribution is 2.16. The molecule has 1 unspecified atom stereocenters. The fraction of sp³-hybridized carbons (Fsp3) is 0.647.